The van der Waals surface area contributed by atoms with Gasteiger partial charge in [0.25, 0.3) is 5.91 Å². The molecule has 1 fully saturated rings. The fraction of sp³-hybridized carbons (Fsp3) is 0.353. The molecule has 6 heteroatoms. The Morgan fingerprint density at radius 3 is 2.57 bits per heavy atom. The van der Waals surface area contributed by atoms with Crippen LogP contribution in [0.3, 0.4) is 0 Å². The van der Waals surface area contributed by atoms with Gasteiger partial charge in [-0.05, 0) is 31.9 Å². The van der Waals surface area contributed by atoms with Crippen molar-refractivity contribution in [1.29, 1.82) is 0 Å². The summed E-state index contributed by atoms with van der Waals surface area (Å²) < 4.78 is 0. The molecule has 0 atom stereocenters. The number of aromatic nitrogens is 1. The van der Waals surface area contributed by atoms with Gasteiger partial charge in [-0.2, -0.15) is 0 Å². The molecule has 2 heterocycles. The summed E-state index contributed by atoms with van der Waals surface area (Å²) in [5.41, 5.74) is 13.2. The molecule has 6 nitrogen and oxygen atoms in total. The Kier molecular flexibility index (Phi) is 3.90. The molecule has 4 N–H and O–H groups in total. The van der Waals surface area contributed by atoms with Crippen molar-refractivity contribution in [3.05, 3.63) is 35.7 Å². The Hall–Kier alpha value is -2.63. The highest BCUT2D eigenvalue weighted by Crippen LogP contribution is 2.26. The number of pyridine rings is 1. The Morgan fingerprint density at radius 1 is 1.22 bits per heavy atom. The molecule has 0 spiro atoms. The number of benzene rings is 1. The zero-order chi connectivity index (χ0) is 16.6. The number of amides is 2. The molecule has 2 aromatic rings. The van der Waals surface area contributed by atoms with Crippen molar-refractivity contribution in [1.82, 2.24) is 9.88 Å². The van der Waals surface area contributed by atoms with Crippen LogP contribution in [0.25, 0.3) is 10.8 Å². The van der Waals surface area contributed by atoms with Crippen molar-refractivity contribution in [3.8, 4) is 0 Å². The smallest absolute Gasteiger partial charge is 0.273 e. The van der Waals surface area contributed by atoms with E-state index < -0.39 is 0 Å². The van der Waals surface area contributed by atoms with Crippen LogP contribution in [0.5, 0.6) is 0 Å². The first kappa shape index (κ1) is 15.3. The Morgan fingerprint density at radius 2 is 1.91 bits per heavy atom. The quantitative estimate of drug-likeness (QED) is 0.819. The highest BCUT2D eigenvalue weighted by atomic mass is 16.2. The summed E-state index contributed by atoms with van der Waals surface area (Å²) in [5.74, 6) is -0.548. The van der Waals surface area contributed by atoms with Gasteiger partial charge in [-0.15, -0.1) is 0 Å². The van der Waals surface area contributed by atoms with E-state index >= 15 is 0 Å². The first-order valence-electron chi connectivity index (χ1n) is 7.72. The summed E-state index contributed by atoms with van der Waals surface area (Å²) in [5, 5.41) is 1.60. The number of carbonyl (C=O) groups is 2. The van der Waals surface area contributed by atoms with Crippen molar-refractivity contribution in [2.45, 2.75) is 19.8 Å². The summed E-state index contributed by atoms with van der Waals surface area (Å²) in [4.78, 5) is 30.3. The zero-order valence-electron chi connectivity index (χ0n) is 13.1. The molecule has 23 heavy (non-hydrogen) atoms. The summed E-state index contributed by atoms with van der Waals surface area (Å²) in [6.07, 6.45) is 1.21. The lowest BCUT2D eigenvalue weighted by Gasteiger charge is -2.30. The third kappa shape index (κ3) is 2.84. The fourth-order valence-electron chi connectivity index (χ4n) is 3.11. The van der Waals surface area contributed by atoms with Crippen LogP contribution in [0.15, 0.2) is 24.3 Å². The molecule has 2 amide bonds. The number of nitrogens with two attached hydrogens (primary N) is 2. The summed E-state index contributed by atoms with van der Waals surface area (Å²) >= 11 is 0. The van der Waals surface area contributed by atoms with E-state index in [-0.39, 0.29) is 17.7 Å². The van der Waals surface area contributed by atoms with Crippen LogP contribution in [0.4, 0.5) is 5.69 Å². The Labute approximate surface area is 134 Å². The van der Waals surface area contributed by atoms with Gasteiger partial charge < -0.3 is 16.4 Å². The van der Waals surface area contributed by atoms with Crippen molar-refractivity contribution < 1.29 is 9.59 Å². The molecule has 0 aliphatic carbocycles. The minimum absolute atomic E-state index is 0.118. The van der Waals surface area contributed by atoms with E-state index in [9.17, 15) is 9.59 Å². The Balaban J connectivity index is 1.93. The lowest BCUT2D eigenvalue weighted by atomic mass is 9.96. The van der Waals surface area contributed by atoms with Gasteiger partial charge in [0.05, 0.1) is 0 Å². The number of rotatable bonds is 2. The van der Waals surface area contributed by atoms with E-state index in [0.29, 0.717) is 37.3 Å². The zero-order valence-corrected chi connectivity index (χ0v) is 13.1. The molecule has 1 aliphatic heterocycles. The lowest BCUT2D eigenvalue weighted by molar-refractivity contribution is -0.123. The normalized spacial score (nSPS) is 15.8. The van der Waals surface area contributed by atoms with Gasteiger partial charge in [0, 0.05) is 41.2 Å². The molecule has 0 unspecified atom stereocenters. The van der Waals surface area contributed by atoms with Gasteiger partial charge in [-0.25, -0.2) is 4.98 Å². The molecule has 0 radical (unpaired) electrons. The minimum atomic E-state index is -0.288. The third-order valence-corrected chi connectivity index (χ3v) is 4.42. The number of hydrogen-bond acceptors (Lipinski definition) is 4. The molecule has 0 bridgehead atoms. The number of hydrogen-bond donors (Lipinski definition) is 2. The number of nitrogens with zero attached hydrogens (tertiary/aromatic N) is 2. The van der Waals surface area contributed by atoms with Crippen LogP contribution >= 0.6 is 0 Å². The average Bonchev–Trinajstić information content (AvgIpc) is 2.54. The third-order valence-electron chi connectivity index (χ3n) is 4.42. The molecular formula is C17H20N4O2. The molecule has 120 valence electrons. The fourth-order valence-corrected chi connectivity index (χ4v) is 3.11. The minimum Gasteiger partial charge on any atom is -0.398 e. The van der Waals surface area contributed by atoms with E-state index in [1.54, 1.807) is 4.90 Å². The first-order chi connectivity index (χ1) is 11.0. The van der Waals surface area contributed by atoms with E-state index in [2.05, 4.69) is 4.98 Å². The Bertz CT molecular complexity index is 780. The van der Waals surface area contributed by atoms with Gasteiger partial charge in [0.1, 0.15) is 5.69 Å². The molecular weight excluding hydrogens is 292 g/mol. The van der Waals surface area contributed by atoms with Crippen LogP contribution in [-0.2, 0) is 4.79 Å². The second kappa shape index (κ2) is 5.87. The van der Waals surface area contributed by atoms with E-state index in [0.717, 1.165) is 16.5 Å². The monoisotopic (exact) mass is 312 g/mol. The van der Waals surface area contributed by atoms with Crippen LogP contribution in [0, 0.1) is 12.8 Å². The van der Waals surface area contributed by atoms with Crippen LogP contribution in [0.2, 0.25) is 0 Å². The highest BCUT2D eigenvalue weighted by molar-refractivity contribution is 6.08. The first-order valence-corrected chi connectivity index (χ1v) is 7.72. The number of primary amides is 1. The second-order valence-electron chi connectivity index (χ2n) is 6.02. The molecule has 3 rings (SSSR count). The van der Waals surface area contributed by atoms with Gasteiger partial charge in [-0.3, -0.25) is 9.59 Å². The van der Waals surface area contributed by atoms with Gasteiger partial charge in [-0.1, -0.05) is 12.1 Å². The van der Waals surface area contributed by atoms with Gasteiger partial charge in [0.2, 0.25) is 5.91 Å². The van der Waals surface area contributed by atoms with Gasteiger partial charge >= 0.3 is 0 Å². The molecule has 1 saturated heterocycles. The standard InChI is InChI=1S/C17H20N4O2/c1-10-9-13-12(3-2-4-14(13)18)15(20-10)17(23)21-7-5-11(6-8-21)16(19)22/h2-4,9,11H,5-8,18H2,1H3,(H2,19,22). The molecule has 1 aromatic carbocycles. The SMILES string of the molecule is Cc1cc2c(N)cccc2c(C(=O)N2CCC(C(N)=O)CC2)n1. The molecule has 1 aromatic heterocycles. The predicted molar refractivity (Wildman–Crippen MR) is 88.7 cm³/mol. The van der Waals surface area contributed by atoms with E-state index in [1.807, 2.05) is 31.2 Å². The summed E-state index contributed by atoms with van der Waals surface area (Å²) in [6, 6.07) is 7.39. The molecule has 0 saturated carbocycles. The lowest BCUT2D eigenvalue weighted by Crippen LogP contribution is -2.42. The number of fused-ring (bicyclic) bond motifs is 1. The highest BCUT2D eigenvalue weighted by Gasteiger charge is 2.28. The number of carbonyl (C=O) groups excluding carboxylic acids is 2. The topological polar surface area (TPSA) is 102 Å². The van der Waals surface area contributed by atoms with E-state index in [4.69, 9.17) is 11.5 Å². The maximum absolute atomic E-state index is 12.9. The van der Waals surface area contributed by atoms with Crippen molar-refractivity contribution in [3.63, 3.8) is 0 Å². The van der Waals surface area contributed by atoms with Crippen molar-refractivity contribution in [2.75, 3.05) is 18.8 Å². The predicted octanol–water partition coefficient (Wildman–Crippen LogP) is 1.46. The second-order valence-corrected chi connectivity index (χ2v) is 6.02. The number of anilines is 1. The van der Waals surface area contributed by atoms with E-state index in [1.165, 1.54) is 0 Å². The summed E-state index contributed by atoms with van der Waals surface area (Å²) in [7, 11) is 0. The maximum Gasteiger partial charge on any atom is 0.273 e. The van der Waals surface area contributed by atoms with Crippen LogP contribution in [0.1, 0.15) is 29.0 Å². The number of piperidine rings is 1. The number of aryl methyl sites for hydroxylation is 1. The summed E-state index contributed by atoms with van der Waals surface area (Å²) in [6.45, 7) is 2.89. The van der Waals surface area contributed by atoms with Crippen molar-refractivity contribution >= 4 is 28.3 Å². The number of nitrogen functional groups attached to an aromatic ring is 1. The molecule has 1 aliphatic rings. The van der Waals surface area contributed by atoms with Crippen molar-refractivity contribution in [2.24, 2.45) is 11.7 Å². The van der Waals surface area contributed by atoms with Crippen LogP contribution < -0.4 is 11.5 Å². The van der Waals surface area contributed by atoms with Crippen LogP contribution in [-0.4, -0.2) is 34.8 Å². The van der Waals surface area contributed by atoms with Gasteiger partial charge in [0.15, 0.2) is 0 Å². The largest absolute Gasteiger partial charge is 0.398 e. The average molecular weight is 312 g/mol. The number of likely N-dealkylation sites (tertiary alicyclic amines) is 1. The maximum atomic E-state index is 12.9.